The summed E-state index contributed by atoms with van der Waals surface area (Å²) in [7, 11) is 0. The van der Waals surface area contributed by atoms with Gasteiger partial charge in [-0.2, -0.15) is 0 Å². The fraction of sp³-hybridized carbons (Fsp3) is 0.923. The van der Waals surface area contributed by atoms with Gasteiger partial charge in [0.05, 0.1) is 0 Å². The van der Waals surface area contributed by atoms with Crippen LogP contribution in [0, 0.1) is 11.8 Å². The number of nitrogens with one attached hydrogen (secondary N) is 2. The molecule has 0 rings (SSSR count). The zero-order valence-electron chi connectivity index (χ0n) is 11.6. The first kappa shape index (κ1) is 16.2. The molecule has 0 saturated carbocycles. The van der Waals surface area contributed by atoms with E-state index in [1.807, 2.05) is 13.8 Å². The first-order chi connectivity index (χ1) is 7.99. The minimum atomic E-state index is -0.106. The summed E-state index contributed by atoms with van der Waals surface area (Å²) >= 11 is 0. The van der Waals surface area contributed by atoms with Crippen molar-refractivity contribution in [3.63, 3.8) is 0 Å². The third-order valence-corrected chi connectivity index (χ3v) is 3.06. The lowest BCUT2D eigenvalue weighted by Crippen LogP contribution is -2.42. The van der Waals surface area contributed by atoms with Gasteiger partial charge in [0.25, 0.3) is 0 Å². The minimum absolute atomic E-state index is 0.106. The van der Waals surface area contributed by atoms with Crippen molar-refractivity contribution in [3.05, 3.63) is 0 Å². The molecule has 0 fully saturated rings. The number of urea groups is 1. The minimum Gasteiger partial charge on any atom is -0.396 e. The third kappa shape index (κ3) is 8.98. The van der Waals surface area contributed by atoms with Gasteiger partial charge >= 0.3 is 6.03 Å². The lowest BCUT2D eigenvalue weighted by Gasteiger charge is -2.18. The molecule has 0 radical (unpaired) electrons. The molecule has 0 saturated heterocycles. The van der Waals surface area contributed by atoms with Gasteiger partial charge in [0.2, 0.25) is 0 Å². The summed E-state index contributed by atoms with van der Waals surface area (Å²) in [5, 5.41) is 14.5. The van der Waals surface area contributed by atoms with E-state index in [0.29, 0.717) is 18.4 Å². The maximum absolute atomic E-state index is 11.5. The number of carbonyl (C=O) groups excluding carboxylic acids is 1. The van der Waals surface area contributed by atoms with Gasteiger partial charge in [0.1, 0.15) is 0 Å². The average Bonchev–Trinajstić information content (AvgIpc) is 2.26. The summed E-state index contributed by atoms with van der Waals surface area (Å²) in [4.78, 5) is 11.5. The van der Waals surface area contributed by atoms with Crippen molar-refractivity contribution in [2.75, 3.05) is 13.2 Å². The van der Waals surface area contributed by atoms with Gasteiger partial charge in [-0.05, 0) is 31.6 Å². The molecule has 0 bridgehead atoms. The lowest BCUT2D eigenvalue weighted by atomic mass is 10.0. The molecule has 4 nitrogen and oxygen atoms in total. The van der Waals surface area contributed by atoms with Crippen LogP contribution >= 0.6 is 0 Å². The molecule has 102 valence electrons. The first-order valence-electron chi connectivity index (χ1n) is 6.64. The topological polar surface area (TPSA) is 61.4 Å². The van der Waals surface area contributed by atoms with Crippen LogP contribution in [0.5, 0.6) is 0 Å². The molecule has 2 amide bonds. The van der Waals surface area contributed by atoms with Crippen molar-refractivity contribution < 1.29 is 9.90 Å². The van der Waals surface area contributed by atoms with Crippen LogP contribution in [0.25, 0.3) is 0 Å². The van der Waals surface area contributed by atoms with Crippen LogP contribution in [-0.2, 0) is 0 Å². The Labute approximate surface area is 105 Å². The highest BCUT2D eigenvalue weighted by molar-refractivity contribution is 5.74. The SMILES string of the molecule is CCC(C)CC(C)NC(=O)NCC(C)CCO. The summed E-state index contributed by atoms with van der Waals surface area (Å²) in [6, 6.07) is 0.101. The molecule has 0 aliphatic rings. The Balaban J connectivity index is 3.70. The zero-order valence-corrected chi connectivity index (χ0v) is 11.6. The van der Waals surface area contributed by atoms with E-state index in [-0.39, 0.29) is 18.7 Å². The Kier molecular flexibility index (Phi) is 8.86. The smallest absolute Gasteiger partial charge is 0.315 e. The Hall–Kier alpha value is -0.770. The Morgan fingerprint density at radius 3 is 2.41 bits per heavy atom. The molecule has 3 atom stereocenters. The van der Waals surface area contributed by atoms with Crippen LogP contribution in [0.4, 0.5) is 4.79 Å². The monoisotopic (exact) mass is 244 g/mol. The highest BCUT2D eigenvalue weighted by atomic mass is 16.3. The predicted molar refractivity (Wildman–Crippen MR) is 70.9 cm³/mol. The fourth-order valence-electron chi connectivity index (χ4n) is 1.69. The standard InChI is InChI=1S/C13H28N2O2/c1-5-10(2)8-12(4)15-13(17)14-9-11(3)6-7-16/h10-12,16H,5-9H2,1-4H3,(H2,14,15,17). The molecule has 0 aromatic heterocycles. The van der Waals surface area contributed by atoms with E-state index >= 15 is 0 Å². The second-order valence-corrected chi connectivity index (χ2v) is 5.12. The second kappa shape index (κ2) is 9.28. The highest BCUT2D eigenvalue weighted by Gasteiger charge is 2.10. The van der Waals surface area contributed by atoms with Crippen LogP contribution in [0.15, 0.2) is 0 Å². The number of aliphatic hydroxyl groups excluding tert-OH is 1. The number of hydrogen-bond donors (Lipinski definition) is 3. The van der Waals surface area contributed by atoms with Gasteiger partial charge in [-0.15, -0.1) is 0 Å². The van der Waals surface area contributed by atoms with Crippen LogP contribution < -0.4 is 10.6 Å². The van der Waals surface area contributed by atoms with E-state index in [2.05, 4.69) is 24.5 Å². The summed E-state index contributed by atoms with van der Waals surface area (Å²) in [5.41, 5.74) is 0. The van der Waals surface area contributed by atoms with Gasteiger partial charge < -0.3 is 15.7 Å². The predicted octanol–water partition coefficient (Wildman–Crippen LogP) is 2.13. The van der Waals surface area contributed by atoms with Crippen molar-refractivity contribution in [3.8, 4) is 0 Å². The quantitative estimate of drug-likeness (QED) is 0.612. The van der Waals surface area contributed by atoms with Gasteiger partial charge in [0, 0.05) is 19.2 Å². The van der Waals surface area contributed by atoms with E-state index in [4.69, 9.17) is 5.11 Å². The molecule has 0 aromatic rings. The fourth-order valence-corrected chi connectivity index (χ4v) is 1.69. The Morgan fingerprint density at radius 1 is 1.24 bits per heavy atom. The zero-order chi connectivity index (χ0) is 13.3. The maximum Gasteiger partial charge on any atom is 0.315 e. The summed E-state index contributed by atoms with van der Waals surface area (Å²) in [5.74, 6) is 0.953. The second-order valence-electron chi connectivity index (χ2n) is 5.12. The Bertz CT molecular complexity index is 210. The van der Waals surface area contributed by atoms with Crippen molar-refractivity contribution in [1.29, 1.82) is 0 Å². The maximum atomic E-state index is 11.5. The number of amides is 2. The van der Waals surface area contributed by atoms with E-state index < -0.39 is 0 Å². The molecule has 0 aliphatic carbocycles. The lowest BCUT2D eigenvalue weighted by molar-refractivity contribution is 0.229. The van der Waals surface area contributed by atoms with Gasteiger partial charge in [-0.1, -0.05) is 27.2 Å². The molecule has 17 heavy (non-hydrogen) atoms. The van der Waals surface area contributed by atoms with Crippen LogP contribution in [0.1, 0.15) is 47.0 Å². The summed E-state index contributed by atoms with van der Waals surface area (Å²) in [6.45, 7) is 9.19. The van der Waals surface area contributed by atoms with E-state index in [9.17, 15) is 4.79 Å². The largest absolute Gasteiger partial charge is 0.396 e. The molecular weight excluding hydrogens is 216 g/mol. The number of aliphatic hydroxyl groups is 1. The number of rotatable bonds is 8. The van der Waals surface area contributed by atoms with Crippen molar-refractivity contribution >= 4 is 6.03 Å². The summed E-state index contributed by atoms with van der Waals surface area (Å²) < 4.78 is 0. The average molecular weight is 244 g/mol. The van der Waals surface area contributed by atoms with Gasteiger partial charge in [0.15, 0.2) is 0 Å². The Morgan fingerprint density at radius 2 is 1.88 bits per heavy atom. The van der Waals surface area contributed by atoms with Crippen LogP contribution in [-0.4, -0.2) is 30.3 Å². The highest BCUT2D eigenvalue weighted by Crippen LogP contribution is 2.09. The molecule has 3 unspecified atom stereocenters. The normalized spacial score (nSPS) is 16.1. The van der Waals surface area contributed by atoms with E-state index in [1.165, 1.54) is 0 Å². The number of hydrogen-bond acceptors (Lipinski definition) is 2. The van der Waals surface area contributed by atoms with E-state index in [1.54, 1.807) is 0 Å². The van der Waals surface area contributed by atoms with Crippen molar-refractivity contribution in [1.82, 2.24) is 10.6 Å². The third-order valence-electron chi connectivity index (χ3n) is 3.06. The molecule has 3 N–H and O–H groups in total. The molecule has 0 aromatic carbocycles. The van der Waals surface area contributed by atoms with Gasteiger partial charge in [-0.3, -0.25) is 0 Å². The molecular formula is C13H28N2O2. The van der Waals surface area contributed by atoms with Crippen LogP contribution in [0.3, 0.4) is 0 Å². The van der Waals surface area contributed by atoms with Gasteiger partial charge in [-0.25, -0.2) is 4.79 Å². The molecule has 0 spiro atoms. The first-order valence-corrected chi connectivity index (χ1v) is 6.64. The van der Waals surface area contributed by atoms with Crippen LogP contribution in [0.2, 0.25) is 0 Å². The van der Waals surface area contributed by atoms with Crippen molar-refractivity contribution in [2.45, 2.75) is 53.0 Å². The number of carbonyl (C=O) groups is 1. The van der Waals surface area contributed by atoms with E-state index in [0.717, 1.165) is 19.3 Å². The molecule has 0 aliphatic heterocycles. The molecule has 0 heterocycles. The molecule has 4 heteroatoms. The van der Waals surface area contributed by atoms with Crippen molar-refractivity contribution in [2.24, 2.45) is 11.8 Å². The summed E-state index contributed by atoms with van der Waals surface area (Å²) in [6.07, 6.45) is 2.87.